The van der Waals surface area contributed by atoms with Gasteiger partial charge in [-0.2, -0.15) is 4.98 Å². The van der Waals surface area contributed by atoms with Crippen LogP contribution in [0.15, 0.2) is 34.3 Å². The van der Waals surface area contributed by atoms with E-state index in [1.54, 1.807) is 24.5 Å². The molecule has 0 atom stereocenters. The highest BCUT2D eigenvalue weighted by Crippen LogP contribution is 2.28. The van der Waals surface area contributed by atoms with Gasteiger partial charge in [0.25, 0.3) is 0 Å². The summed E-state index contributed by atoms with van der Waals surface area (Å²) in [5.74, 6) is 0.0912. The van der Waals surface area contributed by atoms with Crippen molar-refractivity contribution in [2.45, 2.75) is 43.7 Å². The molecule has 0 spiro atoms. The maximum absolute atomic E-state index is 12.8. The van der Waals surface area contributed by atoms with Crippen molar-refractivity contribution in [3.8, 4) is 0 Å². The van der Waals surface area contributed by atoms with E-state index < -0.39 is 0 Å². The fourth-order valence-electron chi connectivity index (χ4n) is 4.14. The summed E-state index contributed by atoms with van der Waals surface area (Å²) in [7, 11) is 0. The molecule has 4 rings (SSSR count). The molecular weight excluding hydrogens is 414 g/mol. The predicted molar refractivity (Wildman–Crippen MR) is 121 cm³/mol. The Labute approximate surface area is 186 Å². The van der Waals surface area contributed by atoms with E-state index in [9.17, 15) is 9.59 Å². The van der Waals surface area contributed by atoms with Crippen LogP contribution in [0.3, 0.4) is 0 Å². The van der Waals surface area contributed by atoms with Crippen molar-refractivity contribution in [3.63, 3.8) is 0 Å². The average Bonchev–Trinajstić information content (AvgIpc) is 2.80. The first kappa shape index (κ1) is 22.0. The zero-order chi connectivity index (χ0) is 21.5. The minimum Gasteiger partial charge on any atom is -0.379 e. The van der Waals surface area contributed by atoms with Gasteiger partial charge in [0.2, 0.25) is 5.91 Å². The minimum absolute atomic E-state index is 0.126. The van der Waals surface area contributed by atoms with Crippen LogP contribution in [0, 0.1) is 0 Å². The number of thioether (sulfide) groups is 1. The first-order chi connectivity index (χ1) is 15.2. The van der Waals surface area contributed by atoms with Crippen molar-refractivity contribution in [2.24, 2.45) is 0 Å². The third-order valence-electron chi connectivity index (χ3n) is 5.70. The topological polar surface area (TPSA) is 89.4 Å². The molecule has 0 bridgehead atoms. The maximum atomic E-state index is 12.8. The highest BCUT2D eigenvalue weighted by atomic mass is 32.2. The molecule has 2 aromatic rings. The number of hydrogen-bond acceptors (Lipinski definition) is 7. The van der Waals surface area contributed by atoms with Crippen molar-refractivity contribution in [2.75, 3.05) is 43.9 Å². The smallest absolute Gasteiger partial charge is 0.348 e. The Morgan fingerprint density at radius 1 is 1.19 bits per heavy atom. The molecule has 0 aromatic carbocycles. The van der Waals surface area contributed by atoms with Crippen LogP contribution in [0.1, 0.15) is 30.5 Å². The van der Waals surface area contributed by atoms with Crippen LogP contribution < -0.4 is 11.0 Å². The number of carbonyl (C=O) groups is 1. The van der Waals surface area contributed by atoms with Crippen molar-refractivity contribution in [1.82, 2.24) is 19.4 Å². The number of ether oxygens (including phenoxy) is 1. The monoisotopic (exact) mass is 443 g/mol. The molecule has 1 saturated heterocycles. The van der Waals surface area contributed by atoms with Gasteiger partial charge in [-0.05, 0) is 44.2 Å². The van der Waals surface area contributed by atoms with Crippen LogP contribution >= 0.6 is 11.8 Å². The van der Waals surface area contributed by atoms with E-state index in [-0.39, 0.29) is 17.3 Å². The van der Waals surface area contributed by atoms with Crippen molar-refractivity contribution >= 4 is 23.4 Å². The number of hydrogen-bond donors (Lipinski definition) is 1. The lowest BCUT2D eigenvalue weighted by atomic mass is 9.97. The number of anilines is 1. The number of carbonyl (C=O) groups excluding carboxylic acids is 1. The lowest BCUT2D eigenvalue weighted by molar-refractivity contribution is -0.113. The van der Waals surface area contributed by atoms with E-state index >= 15 is 0 Å². The standard InChI is InChI=1S/C22H29N5O3S/c28-20(24-17-5-3-8-23-15-17)16-31-21-18-6-1-2-7-19(18)27(22(29)25-21)10-4-9-26-11-13-30-14-12-26/h3,5,8,15H,1-2,4,6-7,9-14,16H2,(H,24,28). The number of nitrogens with one attached hydrogen (secondary N) is 1. The summed E-state index contributed by atoms with van der Waals surface area (Å²) < 4.78 is 7.27. The zero-order valence-electron chi connectivity index (χ0n) is 17.7. The third-order valence-corrected chi connectivity index (χ3v) is 6.71. The van der Waals surface area contributed by atoms with Gasteiger partial charge in [-0.1, -0.05) is 11.8 Å². The fraction of sp³-hybridized carbons (Fsp3) is 0.545. The second-order valence-electron chi connectivity index (χ2n) is 7.87. The summed E-state index contributed by atoms with van der Waals surface area (Å²) in [4.78, 5) is 35.9. The summed E-state index contributed by atoms with van der Waals surface area (Å²) in [6.45, 7) is 5.16. The molecule has 1 N–H and O–H groups in total. The van der Waals surface area contributed by atoms with E-state index in [0.717, 1.165) is 76.2 Å². The van der Waals surface area contributed by atoms with E-state index in [1.165, 1.54) is 11.8 Å². The van der Waals surface area contributed by atoms with Gasteiger partial charge in [0.15, 0.2) is 0 Å². The zero-order valence-corrected chi connectivity index (χ0v) is 18.5. The van der Waals surface area contributed by atoms with Gasteiger partial charge in [-0.15, -0.1) is 0 Å². The average molecular weight is 444 g/mol. The first-order valence-electron chi connectivity index (χ1n) is 11.0. The number of morpholine rings is 1. The quantitative estimate of drug-likeness (QED) is 0.493. The molecule has 31 heavy (non-hydrogen) atoms. The lowest BCUT2D eigenvalue weighted by Gasteiger charge is -2.27. The summed E-state index contributed by atoms with van der Waals surface area (Å²) in [6, 6.07) is 3.58. The molecule has 1 aliphatic heterocycles. The predicted octanol–water partition coefficient (Wildman–Crippen LogP) is 1.97. The normalized spacial score (nSPS) is 16.6. The molecule has 8 nitrogen and oxygen atoms in total. The molecule has 166 valence electrons. The van der Waals surface area contributed by atoms with Crippen LogP contribution in [0.4, 0.5) is 5.69 Å². The van der Waals surface area contributed by atoms with Crippen molar-refractivity contribution in [3.05, 3.63) is 46.3 Å². The molecule has 9 heteroatoms. The molecule has 1 fully saturated rings. The van der Waals surface area contributed by atoms with Crippen LogP contribution in [0.5, 0.6) is 0 Å². The molecule has 3 heterocycles. The van der Waals surface area contributed by atoms with Gasteiger partial charge in [0.1, 0.15) is 5.03 Å². The number of pyridine rings is 1. The Kier molecular flexibility index (Phi) is 7.71. The molecule has 1 aliphatic carbocycles. The van der Waals surface area contributed by atoms with E-state index in [1.807, 2.05) is 4.57 Å². The second-order valence-corrected chi connectivity index (χ2v) is 8.83. The number of amides is 1. The molecule has 0 radical (unpaired) electrons. The molecule has 1 amide bonds. The highest BCUT2D eigenvalue weighted by Gasteiger charge is 2.21. The van der Waals surface area contributed by atoms with Gasteiger partial charge in [-0.25, -0.2) is 4.79 Å². The van der Waals surface area contributed by atoms with Crippen molar-refractivity contribution in [1.29, 1.82) is 0 Å². The number of aromatic nitrogens is 3. The Balaban J connectivity index is 1.41. The lowest BCUT2D eigenvalue weighted by Crippen LogP contribution is -2.38. The van der Waals surface area contributed by atoms with Crippen LogP contribution in [-0.4, -0.2) is 63.9 Å². The minimum atomic E-state index is -0.196. The number of nitrogens with zero attached hydrogens (tertiary/aromatic N) is 4. The Morgan fingerprint density at radius 3 is 2.84 bits per heavy atom. The van der Waals surface area contributed by atoms with Crippen LogP contribution in [0.25, 0.3) is 0 Å². The van der Waals surface area contributed by atoms with E-state index in [4.69, 9.17) is 4.74 Å². The van der Waals surface area contributed by atoms with Crippen molar-refractivity contribution < 1.29 is 9.53 Å². The molecule has 2 aromatic heterocycles. The Morgan fingerprint density at radius 2 is 2.03 bits per heavy atom. The molecule has 0 unspecified atom stereocenters. The Bertz CT molecular complexity index is 944. The van der Waals surface area contributed by atoms with Crippen LogP contribution in [0.2, 0.25) is 0 Å². The van der Waals surface area contributed by atoms with Gasteiger partial charge in [0.05, 0.1) is 30.9 Å². The van der Waals surface area contributed by atoms with Gasteiger partial charge in [0, 0.05) is 43.6 Å². The summed E-state index contributed by atoms with van der Waals surface area (Å²) in [5, 5.41) is 3.54. The SMILES string of the molecule is O=C(CSc1nc(=O)n(CCCN2CCOCC2)c2c1CCCC2)Nc1cccnc1. The number of rotatable bonds is 8. The van der Waals surface area contributed by atoms with Gasteiger partial charge >= 0.3 is 5.69 Å². The summed E-state index contributed by atoms with van der Waals surface area (Å²) in [5.41, 5.74) is 2.73. The number of fused-ring (bicyclic) bond motifs is 1. The summed E-state index contributed by atoms with van der Waals surface area (Å²) >= 11 is 1.35. The van der Waals surface area contributed by atoms with Crippen LogP contribution in [-0.2, 0) is 28.9 Å². The molecule has 2 aliphatic rings. The largest absolute Gasteiger partial charge is 0.379 e. The van der Waals surface area contributed by atoms with Gasteiger partial charge < -0.3 is 10.1 Å². The highest BCUT2D eigenvalue weighted by molar-refractivity contribution is 8.00. The van der Waals surface area contributed by atoms with E-state index in [0.29, 0.717) is 17.3 Å². The Hall–Kier alpha value is -2.23. The fourth-order valence-corrected chi connectivity index (χ4v) is 5.02. The molecular formula is C22H29N5O3S. The first-order valence-corrected chi connectivity index (χ1v) is 11.9. The summed E-state index contributed by atoms with van der Waals surface area (Å²) in [6.07, 6.45) is 8.20. The molecule has 0 saturated carbocycles. The second kappa shape index (κ2) is 10.9. The maximum Gasteiger partial charge on any atom is 0.348 e. The third kappa shape index (κ3) is 5.93. The van der Waals surface area contributed by atoms with E-state index in [2.05, 4.69) is 20.2 Å². The van der Waals surface area contributed by atoms with Gasteiger partial charge in [-0.3, -0.25) is 19.2 Å².